The van der Waals surface area contributed by atoms with Crippen LogP contribution in [-0.2, 0) is 29.1 Å². The zero-order valence-electron chi connectivity index (χ0n) is 13.6. The van der Waals surface area contributed by atoms with Gasteiger partial charge in [-0.05, 0) is 29.7 Å². The Hall–Kier alpha value is -2.69. The Balaban J connectivity index is 1.58. The van der Waals surface area contributed by atoms with E-state index in [1.807, 2.05) is 47.4 Å². The Morgan fingerprint density at radius 2 is 1.92 bits per heavy atom. The molecule has 0 saturated carbocycles. The Labute approximate surface area is 141 Å². The molecular weight excluding hydrogens is 302 g/mol. The van der Waals surface area contributed by atoms with Crippen LogP contribution < -0.4 is 5.32 Å². The summed E-state index contributed by atoms with van der Waals surface area (Å²) in [6, 6.07) is 13.5. The van der Waals surface area contributed by atoms with Gasteiger partial charge in [-0.2, -0.15) is 0 Å². The van der Waals surface area contributed by atoms with Crippen LogP contribution in [0, 0.1) is 0 Å². The molecule has 0 atom stereocenters. The van der Waals surface area contributed by atoms with Gasteiger partial charge in [0.2, 0.25) is 11.8 Å². The van der Waals surface area contributed by atoms with E-state index < -0.39 is 0 Å². The third-order valence-corrected chi connectivity index (χ3v) is 4.19. The van der Waals surface area contributed by atoms with Crippen molar-refractivity contribution in [1.82, 2.24) is 15.2 Å². The van der Waals surface area contributed by atoms with Crippen LogP contribution in [0.4, 0.5) is 0 Å². The van der Waals surface area contributed by atoms with Gasteiger partial charge >= 0.3 is 0 Å². The lowest BCUT2D eigenvalue weighted by Crippen LogP contribution is -2.27. The molecule has 1 aromatic heterocycles. The predicted octanol–water partition coefficient (Wildman–Crippen LogP) is 2.06. The van der Waals surface area contributed by atoms with Crippen molar-refractivity contribution in [3.05, 3.63) is 65.5 Å². The third-order valence-electron chi connectivity index (χ3n) is 4.19. The molecule has 1 aliphatic heterocycles. The maximum Gasteiger partial charge on any atom is 0.226 e. The van der Waals surface area contributed by atoms with Gasteiger partial charge in [-0.25, -0.2) is 0 Å². The zero-order valence-corrected chi connectivity index (χ0v) is 13.6. The molecule has 2 heterocycles. The van der Waals surface area contributed by atoms with E-state index in [9.17, 15) is 9.59 Å². The van der Waals surface area contributed by atoms with Gasteiger partial charge in [0.1, 0.15) is 0 Å². The lowest BCUT2D eigenvalue weighted by Gasteiger charge is -2.18. The SMILES string of the molecule is O=C(Cc1ccccn1)NCc1ccccc1CN1CCCC1=O. The third kappa shape index (κ3) is 4.19. The predicted molar refractivity (Wildman–Crippen MR) is 90.9 cm³/mol. The summed E-state index contributed by atoms with van der Waals surface area (Å²) in [7, 11) is 0. The first-order valence-corrected chi connectivity index (χ1v) is 8.23. The summed E-state index contributed by atoms with van der Waals surface area (Å²) >= 11 is 0. The number of pyridine rings is 1. The highest BCUT2D eigenvalue weighted by atomic mass is 16.2. The molecular formula is C19H21N3O2. The molecule has 5 heteroatoms. The smallest absolute Gasteiger partial charge is 0.226 e. The van der Waals surface area contributed by atoms with Crippen molar-refractivity contribution in [2.75, 3.05) is 6.54 Å². The van der Waals surface area contributed by atoms with E-state index >= 15 is 0 Å². The summed E-state index contributed by atoms with van der Waals surface area (Å²) in [5.74, 6) is 0.157. The lowest BCUT2D eigenvalue weighted by atomic mass is 10.1. The Morgan fingerprint density at radius 3 is 2.62 bits per heavy atom. The summed E-state index contributed by atoms with van der Waals surface area (Å²) in [4.78, 5) is 29.9. The van der Waals surface area contributed by atoms with Gasteiger partial charge in [0.25, 0.3) is 0 Å². The van der Waals surface area contributed by atoms with Crippen molar-refractivity contribution in [2.24, 2.45) is 0 Å². The minimum Gasteiger partial charge on any atom is -0.352 e. The molecule has 124 valence electrons. The first-order chi connectivity index (χ1) is 11.7. The topological polar surface area (TPSA) is 62.3 Å². The van der Waals surface area contributed by atoms with Gasteiger partial charge in [-0.1, -0.05) is 30.3 Å². The number of carbonyl (C=O) groups is 2. The average molecular weight is 323 g/mol. The maximum atomic E-state index is 12.1. The van der Waals surface area contributed by atoms with Gasteiger partial charge < -0.3 is 10.2 Å². The van der Waals surface area contributed by atoms with Gasteiger partial charge in [0.05, 0.1) is 6.42 Å². The second-order valence-corrected chi connectivity index (χ2v) is 5.96. The van der Waals surface area contributed by atoms with Crippen LogP contribution >= 0.6 is 0 Å². The number of aromatic nitrogens is 1. The van der Waals surface area contributed by atoms with E-state index in [0.717, 1.165) is 29.8 Å². The van der Waals surface area contributed by atoms with Crippen molar-refractivity contribution in [2.45, 2.75) is 32.4 Å². The monoisotopic (exact) mass is 323 g/mol. The first-order valence-electron chi connectivity index (χ1n) is 8.23. The zero-order chi connectivity index (χ0) is 16.8. The molecule has 1 saturated heterocycles. The van der Waals surface area contributed by atoms with Crippen molar-refractivity contribution < 1.29 is 9.59 Å². The standard InChI is InChI=1S/C19H21N3O2/c23-18(12-17-8-3-4-10-20-17)21-13-15-6-1-2-7-16(15)14-22-11-5-9-19(22)24/h1-4,6-8,10H,5,9,11-14H2,(H,21,23). The van der Waals surface area contributed by atoms with Crippen LogP contribution in [0.15, 0.2) is 48.7 Å². The van der Waals surface area contributed by atoms with Crippen molar-refractivity contribution in [3.63, 3.8) is 0 Å². The second-order valence-electron chi connectivity index (χ2n) is 5.96. The Morgan fingerprint density at radius 1 is 1.12 bits per heavy atom. The fourth-order valence-electron chi connectivity index (χ4n) is 2.88. The van der Waals surface area contributed by atoms with E-state index in [1.165, 1.54) is 0 Å². The largest absolute Gasteiger partial charge is 0.352 e. The highest BCUT2D eigenvalue weighted by molar-refractivity contribution is 5.78. The molecule has 3 rings (SSSR count). The van der Waals surface area contributed by atoms with E-state index in [2.05, 4.69) is 10.3 Å². The van der Waals surface area contributed by atoms with Crippen LogP contribution in [0.1, 0.15) is 29.7 Å². The van der Waals surface area contributed by atoms with Crippen LogP contribution in [0.2, 0.25) is 0 Å². The number of nitrogens with one attached hydrogen (secondary N) is 1. The normalized spacial score (nSPS) is 14.0. The number of hydrogen-bond donors (Lipinski definition) is 1. The number of amides is 2. The van der Waals surface area contributed by atoms with Crippen LogP contribution in [-0.4, -0.2) is 28.2 Å². The van der Waals surface area contributed by atoms with E-state index in [0.29, 0.717) is 19.5 Å². The van der Waals surface area contributed by atoms with E-state index in [4.69, 9.17) is 0 Å². The van der Waals surface area contributed by atoms with Crippen LogP contribution in [0.5, 0.6) is 0 Å². The van der Waals surface area contributed by atoms with Crippen molar-refractivity contribution >= 4 is 11.8 Å². The van der Waals surface area contributed by atoms with Gasteiger partial charge in [0.15, 0.2) is 0 Å². The minimum atomic E-state index is -0.0549. The van der Waals surface area contributed by atoms with Crippen LogP contribution in [0.25, 0.3) is 0 Å². The number of rotatable bonds is 6. The maximum absolute atomic E-state index is 12.1. The molecule has 0 bridgehead atoms. The summed E-state index contributed by atoms with van der Waals surface area (Å²) in [6.45, 7) is 1.90. The van der Waals surface area contributed by atoms with Gasteiger partial charge in [-0.3, -0.25) is 14.6 Å². The quantitative estimate of drug-likeness (QED) is 0.885. The molecule has 1 aliphatic rings. The molecule has 24 heavy (non-hydrogen) atoms. The van der Waals surface area contributed by atoms with Gasteiger partial charge in [-0.15, -0.1) is 0 Å². The fourth-order valence-corrected chi connectivity index (χ4v) is 2.88. The van der Waals surface area contributed by atoms with E-state index in [1.54, 1.807) is 6.20 Å². The summed E-state index contributed by atoms with van der Waals surface area (Å²) in [5.41, 5.74) is 2.89. The van der Waals surface area contributed by atoms with Crippen molar-refractivity contribution in [3.8, 4) is 0 Å². The molecule has 0 unspecified atom stereocenters. The molecule has 0 aliphatic carbocycles. The summed E-state index contributed by atoms with van der Waals surface area (Å²) in [5, 5.41) is 2.94. The van der Waals surface area contributed by atoms with E-state index in [-0.39, 0.29) is 18.2 Å². The number of carbonyl (C=O) groups excluding carboxylic acids is 2. The molecule has 0 spiro atoms. The number of likely N-dealkylation sites (tertiary alicyclic amines) is 1. The fraction of sp³-hybridized carbons (Fsp3) is 0.316. The van der Waals surface area contributed by atoms with Crippen molar-refractivity contribution in [1.29, 1.82) is 0 Å². The number of nitrogens with zero attached hydrogens (tertiary/aromatic N) is 2. The lowest BCUT2D eigenvalue weighted by molar-refractivity contribution is -0.128. The molecule has 1 N–H and O–H groups in total. The number of hydrogen-bond acceptors (Lipinski definition) is 3. The first kappa shape index (κ1) is 16.2. The molecule has 0 radical (unpaired) electrons. The molecule has 1 fully saturated rings. The highest BCUT2D eigenvalue weighted by Gasteiger charge is 2.20. The molecule has 1 aromatic carbocycles. The Kier molecular flexibility index (Phi) is 5.21. The summed E-state index contributed by atoms with van der Waals surface area (Å²) < 4.78 is 0. The minimum absolute atomic E-state index is 0.0549. The number of benzene rings is 1. The Bertz CT molecular complexity index is 716. The summed E-state index contributed by atoms with van der Waals surface area (Å²) in [6.07, 6.45) is 3.53. The highest BCUT2D eigenvalue weighted by Crippen LogP contribution is 2.17. The molecule has 2 amide bonds. The average Bonchev–Trinajstić information content (AvgIpc) is 3.00. The second kappa shape index (κ2) is 7.73. The van der Waals surface area contributed by atoms with Crippen LogP contribution in [0.3, 0.4) is 0 Å². The molecule has 2 aromatic rings. The molecule has 5 nitrogen and oxygen atoms in total. The van der Waals surface area contributed by atoms with Gasteiger partial charge in [0, 0.05) is 37.9 Å².